The zero-order chi connectivity index (χ0) is 11.6. The highest BCUT2D eigenvalue weighted by Gasteiger charge is 2.23. The highest BCUT2D eigenvalue weighted by Crippen LogP contribution is 2.22. The molecule has 1 aromatic carbocycles. The van der Waals surface area contributed by atoms with Gasteiger partial charge in [0.1, 0.15) is 6.10 Å². The molecule has 0 heterocycles. The summed E-state index contributed by atoms with van der Waals surface area (Å²) in [6, 6.07) is 2.99. The van der Waals surface area contributed by atoms with E-state index in [1.807, 2.05) is 0 Å². The van der Waals surface area contributed by atoms with E-state index in [0.717, 1.165) is 12.1 Å². The highest BCUT2D eigenvalue weighted by molar-refractivity contribution is 5.79. The predicted molar refractivity (Wildman–Crippen MR) is 48.2 cm³/mol. The molecule has 0 spiro atoms. The zero-order valence-corrected chi connectivity index (χ0v) is 7.59. The van der Waals surface area contributed by atoms with E-state index in [9.17, 15) is 14.3 Å². The molecule has 0 aliphatic carbocycles. The number of rotatable bonds is 3. The van der Waals surface area contributed by atoms with Crippen LogP contribution < -0.4 is 5.73 Å². The van der Waals surface area contributed by atoms with Crippen molar-refractivity contribution in [1.29, 1.82) is 0 Å². The van der Waals surface area contributed by atoms with Crippen LogP contribution in [0.2, 0.25) is 0 Å². The maximum Gasteiger partial charge on any atom is 0.249 e. The van der Waals surface area contributed by atoms with Gasteiger partial charge in [-0.05, 0) is 17.7 Å². The molecule has 6 heteroatoms. The molecule has 0 saturated heterocycles. The van der Waals surface area contributed by atoms with Gasteiger partial charge in [-0.15, -0.1) is 0 Å². The van der Waals surface area contributed by atoms with Crippen molar-refractivity contribution in [3.8, 4) is 5.75 Å². The number of carbonyl (C=O) groups excluding carboxylic acids is 1. The first-order chi connectivity index (χ1) is 6.93. The second-order valence-corrected chi connectivity index (χ2v) is 3.00. The molecule has 2 atom stereocenters. The molecule has 0 fully saturated rings. The summed E-state index contributed by atoms with van der Waals surface area (Å²) in [5, 5.41) is 27.3. The van der Waals surface area contributed by atoms with Crippen molar-refractivity contribution in [1.82, 2.24) is 0 Å². The molecule has 0 saturated carbocycles. The highest BCUT2D eigenvalue weighted by atomic mass is 19.1. The van der Waals surface area contributed by atoms with E-state index < -0.39 is 29.7 Å². The van der Waals surface area contributed by atoms with Crippen LogP contribution in [0.5, 0.6) is 5.75 Å². The van der Waals surface area contributed by atoms with Crippen molar-refractivity contribution in [2.45, 2.75) is 12.2 Å². The molecule has 0 aromatic heterocycles. The first kappa shape index (κ1) is 11.4. The van der Waals surface area contributed by atoms with E-state index >= 15 is 0 Å². The van der Waals surface area contributed by atoms with Gasteiger partial charge < -0.3 is 21.1 Å². The summed E-state index contributed by atoms with van der Waals surface area (Å²) in [6.07, 6.45) is -3.42. The second kappa shape index (κ2) is 4.24. The number of benzene rings is 1. The van der Waals surface area contributed by atoms with Crippen LogP contribution in [0.1, 0.15) is 11.7 Å². The van der Waals surface area contributed by atoms with Crippen LogP contribution in [0, 0.1) is 5.82 Å². The average Bonchev–Trinajstić information content (AvgIpc) is 2.19. The van der Waals surface area contributed by atoms with Crippen LogP contribution in [0.25, 0.3) is 0 Å². The fourth-order valence-electron chi connectivity index (χ4n) is 1.05. The molecule has 82 valence electrons. The summed E-state index contributed by atoms with van der Waals surface area (Å²) < 4.78 is 12.8. The third-order valence-corrected chi connectivity index (χ3v) is 1.90. The Labute approximate surface area is 84.6 Å². The molecule has 1 rings (SSSR count). The lowest BCUT2D eigenvalue weighted by Gasteiger charge is -2.15. The molecule has 0 aliphatic rings. The molecular weight excluding hydrogens is 205 g/mol. The van der Waals surface area contributed by atoms with E-state index in [0.29, 0.717) is 0 Å². The van der Waals surface area contributed by atoms with Gasteiger partial charge in [0.15, 0.2) is 17.7 Å². The smallest absolute Gasteiger partial charge is 0.249 e. The summed E-state index contributed by atoms with van der Waals surface area (Å²) in [7, 11) is 0. The minimum Gasteiger partial charge on any atom is -0.505 e. The number of hydrogen-bond donors (Lipinski definition) is 4. The van der Waals surface area contributed by atoms with Crippen LogP contribution in [-0.2, 0) is 4.79 Å². The summed E-state index contributed by atoms with van der Waals surface area (Å²) in [6.45, 7) is 0. The SMILES string of the molecule is NC(=O)C(O)C(O)c1ccc(O)c(F)c1. The summed E-state index contributed by atoms with van der Waals surface area (Å²) >= 11 is 0. The Morgan fingerprint density at radius 2 is 2.00 bits per heavy atom. The Hall–Kier alpha value is -1.66. The molecule has 0 radical (unpaired) electrons. The molecule has 1 amide bonds. The molecule has 0 aliphatic heterocycles. The molecule has 5 nitrogen and oxygen atoms in total. The zero-order valence-electron chi connectivity index (χ0n) is 7.59. The number of primary amides is 1. The lowest BCUT2D eigenvalue weighted by Crippen LogP contribution is -2.33. The standard InChI is InChI=1S/C9H10FNO4/c10-5-3-4(1-2-6(5)12)7(13)8(14)9(11)15/h1-3,7-8,12-14H,(H2,11,15). The number of aliphatic hydroxyl groups excluding tert-OH is 2. The lowest BCUT2D eigenvalue weighted by atomic mass is 10.0. The number of halogens is 1. The van der Waals surface area contributed by atoms with Crippen LogP contribution in [0.15, 0.2) is 18.2 Å². The van der Waals surface area contributed by atoms with Crippen LogP contribution >= 0.6 is 0 Å². The monoisotopic (exact) mass is 215 g/mol. The van der Waals surface area contributed by atoms with Crippen LogP contribution in [0.3, 0.4) is 0 Å². The lowest BCUT2D eigenvalue weighted by molar-refractivity contribution is -0.131. The normalized spacial score (nSPS) is 14.6. The first-order valence-corrected chi connectivity index (χ1v) is 4.07. The van der Waals surface area contributed by atoms with Crippen molar-refractivity contribution >= 4 is 5.91 Å². The average molecular weight is 215 g/mol. The van der Waals surface area contributed by atoms with Gasteiger partial charge in [-0.3, -0.25) is 4.79 Å². The molecule has 2 unspecified atom stereocenters. The molecule has 0 bridgehead atoms. The largest absolute Gasteiger partial charge is 0.505 e. The first-order valence-electron chi connectivity index (χ1n) is 4.07. The predicted octanol–water partition coefficient (Wildman–Crippen LogP) is -0.589. The quantitative estimate of drug-likeness (QED) is 0.541. The van der Waals surface area contributed by atoms with Gasteiger partial charge in [0.2, 0.25) is 5.91 Å². The minimum absolute atomic E-state index is 0.0448. The van der Waals surface area contributed by atoms with Crippen molar-refractivity contribution < 1.29 is 24.5 Å². The van der Waals surface area contributed by atoms with Crippen molar-refractivity contribution in [3.63, 3.8) is 0 Å². The number of nitrogens with two attached hydrogens (primary N) is 1. The van der Waals surface area contributed by atoms with E-state index in [2.05, 4.69) is 0 Å². The topological polar surface area (TPSA) is 104 Å². The number of amides is 1. The Morgan fingerprint density at radius 3 is 2.47 bits per heavy atom. The Balaban J connectivity index is 2.96. The van der Waals surface area contributed by atoms with Gasteiger partial charge >= 0.3 is 0 Å². The number of phenols is 1. The van der Waals surface area contributed by atoms with Gasteiger partial charge in [0.25, 0.3) is 0 Å². The van der Waals surface area contributed by atoms with Gasteiger partial charge in [-0.25, -0.2) is 4.39 Å². The third kappa shape index (κ3) is 2.42. The number of carbonyl (C=O) groups is 1. The summed E-state index contributed by atoms with van der Waals surface area (Å²) in [5.41, 5.74) is 4.71. The van der Waals surface area contributed by atoms with E-state index in [1.54, 1.807) is 0 Å². The Kier molecular flexibility index (Phi) is 3.23. The molecule has 1 aromatic rings. The van der Waals surface area contributed by atoms with Gasteiger partial charge in [0.05, 0.1) is 0 Å². The van der Waals surface area contributed by atoms with E-state index in [1.165, 1.54) is 6.07 Å². The van der Waals surface area contributed by atoms with Crippen LogP contribution in [-0.4, -0.2) is 27.3 Å². The Bertz CT molecular complexity index is 382. The maximum atomic E-state index is 12.8. The number of phenolic OH excluding ortho intramolecular Hbond substituents is 1. The summed E-state index contributed by atoms with van der Waals surface area (Å²) in [4.78, 5) is 10.5. The molecule has 15 heavy (non-hydrogen) atoms. The van der Waals surface area contributed by atoms with Gasteiger partial charge in [0, 0.05) is 0 Å². The molecule has 5 N–H and O–H groups in total. The van der Waals surface area contributed by atoms with E-state index in [4.69, 9.17) is 15.9 Å². The number of aliphatic hydroxyl groups is 2. The summed E-state index contributed by atoms with van der Waals surface area (Å²) in [5.74, 6) is -2.65. The van der Waals surface area contributed by atoms with Crippen molar-refractivity contribution in [3.05, 3.63) is 29.6 Å². The minimum atomic E-state index is -1.81. The van der Waals surface area contributed by atoms with E-state index in [-0.39, 0.29) is 5.56 Å². The van der Waals surface area contributed by atoms with Gasteiger partial charge in [-0.1, -0.05) is 6.07 Å². The molecular formula is C9H10FNO4. The van der Waals surface area contributed by atoms with Crippen molar-refractivity contribution in [2.75, 3.05) is 0 Å². The fourth-order valence-corrected chi connectivity index (χ4v) is 1.05. The third-order valence-electron chi connectivity index (χ3n) is 1.90. The maximum absolute atomic E-state index is 12.8. The van der Waals surface area contributed by atoms with Crippen molar-refractivity contribution in [2.24, 2.45) is 5.73 Å². The van der Waals surface area contributed by atoms with Crippen LogP contribution in [0.4, 0.5) is 4.39 Å². The van der Waals surface area contributed by atoms with Gasteiger partial charge in [-0.2, -0.15) is 0 Å². The second-order valence-electron chi connectivity index (χ2n) is 3.00. The Morgan fingerprint density at radius 1 is 1.40 bits per heavy atom. The number of hydrogen-bond acceptors (Lipinski definition) is 4. The fraction of sp³-hybridized carbons (Fsp3) is 0.222. The number of aromatic hydroxyl groups is 1.